The van der Waals surface area contributed by atoms with Crippen LogP contribution < -0.4 is 16.0 Å². The van der Waals surface area contributed by atoms with Crippen molar-refractivity contribution in [3.05, 3.63) is 83.4 Å². The highest BCUT2D eigenvalue weighted by Gasteiger charge is 2.30. The maximum Gasteiger partial charge on any atom is 0.250 e. The van der Waals surface area contributed by atoms with Crippen LogP contribution in [-0.2, 0) is 24.7 Å². The van der Waals surface area contributed by atoms with Crippen LogP contribution in [0.3, 0.4) is 0 Å². The van der Waals surface area contributed by atoms with Gasteiger partial charge < -0.3 is 16.0 Å². The Morgan fingerprint density at radius 1 is 1.14 bits per heavy atom. The molecule has 0 unspecified atom stereocenters. The van der Waals surface area contributed by atoms with Gasteiger partial charge in [-0.15, -0.1) is 0 Å². The monoisotopic (exact) mass is 471 g/mol. The van der Waals surface area contributed by atoms with E-state index in [-0.39, 0.29) is 17.9 Å². The van der Waals surface area contributed by atoms with Gasteiger partial charge in [-0.25, -0.2) is 14.4 Å². The predicted octanol–water partition coefficient (Wildman–Crippen LogP) is 2.99. The average molecular weight is 471 g/mol. The lowest BCUT2D eigenvalue weighted by Gasteiger charge is -2.20. The molecule has 0 saturated carbocycles. The summed E-state index contributed by atoms with van der Waals surface area (Å²) in [4.78, 5) is 35.8. The number of nitrogens with zero attached hydrogens (tertiary/aromatic N) is 5. The highest BCUT2D eigenvalue weighted by molar-refractivity contribution is 6.07. The summed E-state index contributed by atoms with van der Waals surface area (Å²) in [7, 11) is 1.80. The van der Waals surface area contributed by atoms with Gasteiger partial charge in [0.2, 0.25) is 11.9 Å². The lowest BCUT2D eigenvalue weighted by molar-refractivity contribution is -0.117. The Hall–Kier alpha value is -4.60. The molecule has 5 rings (SSSR count). The smallest absolute Gasteiger partial charge is 0.250 e. The number of halogens is 1. The third kappa shape index (κ3) is 4.33. The Morgan fingerprint density at radius 2 is 1.97 bits per heavy atom. The number of hydrogen-bond donors (Lipinski definition) is 2. The molecule has 176 valence electrons. The molecule has 0 atom stereocenters. The number of nitrogens with two attached hydrogens (primary N) is 1. The summed E-state index contributed by atoms with van der Waals surface area (Å²) in [5.41, 5.74) is 8.79. The Balaban J connectivity index is 1.47. The molecule has 0 aliphatic carbocycles. The first-order chi connectivity index (χ1) is 16.9. The number of benzene rings is 2. The summed E-state index contributed by atoms with van der Waals surface area (Å²) in [6, 6.07) is 13.2. The van der Waals surface area contributed by atoms with Crippen LogP contribution in [0.15, 0.2) is 60.9 Å². The zero-order chi connectivity index (χ0) is 24.5. The molecule has 0 spiro atoms. The average Bonchev–Trinajstić information content (AvgIpc) is 3.46. The van der Waals surface area contributed by atoms with E-state index in [0.717, 1.165) is 11.4 Å². The highest BCUT2D eigenvalue weighted by atomic mass is 19.1. The number of aromatic nitrogens is 4. The number of carbonyl (C=O) groups excluding carboxylic acids is 2. The van der Waals surface area contributed by atoms with Crippen molar-refractivity contribution < 1.29 is 14.0 Å². The number of hydrogen-bond acceptors (Lipinski definition) is 6. The molecule has 0 radical (unpaired) electrons. The lowest BCUT2D eigenvalue weighted by atomic mass is 10.00. The van der Waals surface area contributed by atoms with E-state index >= 15 is 0 Å². The minimum atomic E-state index is -0.656. The minimum Gasteiger partial charge on any atom is -0.366 e. The maximum atomic E-state index is 14.1. The Bertz CT molecular complexity index is 1450. The van der Waals surface area contributed by atoms with Crippen LogP contribution in [0.5, 0.6) is 0 Å². The molecule has 1 aliphatic rings. The van der Waals surface area contributed by atoms with Crippen LogP contribution in [0, 0.1) is 5.82 Å². The topological polar surface area (TPSA) is 119 Å². The normalized spacial score (nSPS) is 12.5. The lowest BCUT2D eigenvalue weighted by Crippen LogP contribution is -2.32. The fraction of sp³-hybridized carbons (Fsp3) is 0.160. The van der Waals surface area contributed by atoms with Gasteiger partial charge in [0.05, 0.1) is 29.6 Å². The molecule has 9 nitrogen and oxygen atoms in total. The first kappa shape index (κ1) is 22.2. The Kier molecular flexibility index (Phi) is 5.69. The van der Waals surface area contributed by atoms with E-state index in [1.807, 2.05) is 6.07 Å². The van der Waals surface area contributed by atoms with Gasteiger partial charge in [0.25, 0.3) is 5.91 Å². The molecule has 4 aromatic rings. The van der Waals surface area contributed by atoms with Gasteiger partial charge in [0.15, 0.2) is 0 Å². The highest BCUT2D eigenvalue weighted by Crippen LogP contribution is 2.36. The zero-order valence-electron chi connectivity index (χ0n) is 18.9. The van der Waals surface area contributed by atoms with Crippen LogP contribution in [-0.4, -0.2) is 38.1 Å². The maximum absolute atomic E-state index is 14.1. The Morgan fingerprint density at radius 3 is 2.71 bits per heavy atom. The van der Waals surface area contributed by atoms with Crippen LogP contribution >= 0.6 is 0 Å². The van der Waals surface area contributed by atoms with E-state index in [1.54, 1.807) is 60.5 Å². The number of fused-ring (bicyclic) bond motifs is 1. The van der Waals surface area contributed by atoms with Gasteiger partial charge in [-0.05, 0) is 41.8 Å². The molecule has 2 amide bonds. The predicted molar refractivity (Wildman–Crippen MR) is 129 cm³/mol. The number of primary amides is 1. The first-order valence-corrected chi connectivity index (χ1v) is 11.0. The molecule has 10 heteroatoms. The van der Waals surface area contributed by atoms with E-state index in [9.17, 15) is 14.0 Å². The SMILES string of the molecule is Cn1nccc1Nc1nccc(-c2cc3c(c(C(N)=O)c2)N(C(=O)Cc2ccccc2F)CC3)n1. The fourth-order valence-corrected chi connectivity index (χ4v) is 4.22. The largest absolute Gasteiger partial charge is 0.366 e. The quantitative estimate of drug-likeness (QED) is 0.446. The standard InChI is InChI=1S/C25H22FN7O2/c1-32-21(7-10-29-32)31-25-28-9-6-20(30-25)17-12-16-8-11-33(23(16)18(13-17)24(27)35)22(34)14-15-4-2-3-5-19(15)26/h2-7,9-10,12-13H,8,11,14H2,1H3,(H2,27,35)(H,28,30,31). The summed E-state index contributed by atoms with van der Waals surface area (Å²) in [5, 5.41) is 7.22. The molecule has 0 bridgehead atoms. The molecule has 3 heterocycles. The van der Waals surface area contributed by atoms with E-state index in [0.29, 0.717) is 41.4 Å². The number of anilines is 3. The van der Waals surface area contributed by atoms with E-state index in [2.05, 4.69) is 20.4 Å². The number of amides is 2. The molecule has 35 heavy (non-hydrogen) atoms. The fourth-order valence-electron chi connectivity index (χ4n) is 4.22. The van der Waals surface area contributed by atoms with Crippen molar-refractivity contribution in [1.29, 1.82) is 0 Å². The molecule has 2 aromatic carbocycles. The van der Waals surface area contributed by atoms with Crippen LogP contribution in [0.4, 0.5) is 21.8 Å². The molecule has 1 aliphatic heterocycles. The van der Waals surface area contributed by atoms with Crippen molar-refractivity contribution in [1.82, 2.24) is 19.7 Å². The summed E-state index contributed by atoms with van der Waals surface area (Å²) in [5.74, 6) is -0.304. The second-order valence-corrected chi connectivity index (χ2v) is 8.19. The van der Waals surface area contributed by atoms with Crippen molar-refractivity contribution in [2.24, 2.45) is 12.8 Å². The third-order valence-electron chi connectivity index (χ3n) is 5.94. The molecular formula is C25H22FN7O2. The first-order valence-electron chi connectivity index (χ1n) is 11.0. The van der Waals surface area contributed by atoms with Gasteiger partial charge in [-0.3, -0.25) is 14.3 Å². The van der Waals surface area contributed by atoms with Crippen molar-refractivity contribution >= 4 is 29.3 Å². The molecule has 2 aromatic heterocycles. The van der Waals surface area contributed by atoms with Crippen LogP contribution in [0.1, 0.15) is 21.5 Å². The van der Waals surface area contributed by atoms with Gasteiger partial charge in [0.1, 0.15) is 11.6 Å². The van der Waals surface area contributed by atoms with Crippen molar-refractivity contribution in [3.8, 4) is 11.3 Å². The Labute approximate surface area is 200 Å². The third-order valence-corrected chi connectivity index (χ3v) is 5.94. The van der Waals surface area contributed by atoms with Crippen LogP contribution in [0.25, 0.3) is 11.3 Å². The minimum absolute atomic E-state index is 0.110. The van der Waals surface area contributed by atoms with E-state index < -0.39 is 11.7 Å². The number of carbonyl (C=O) groups is 2. The van der Waals surface area contributed by atoms with Crippen molar-refractivity contribution in [2.75, 3.05) is 16.8 Å². The van der Waals surface area contributed by atoms with Crippen molar-refractivity contribution in [2.45, 2.75) is 12.8 Å². The molecular weight excluding hydrogens is 449 g/mol. The summed E-state index contributed by atoms with van der Waals surface area (Å²) in [6.45, 7) is 0.378. The zero-order valence-corrected chi connectivity index (χ0v) is 18.9. The summed E-state index contributed by atoms with van der Waals surface area (Å²) < 4.78 is 15.7. The number of rotatable bonds is 6. The van der Waals surface area contributed by atoms with Gasteiger partial charge in [0, 0.05) is 31.4 Å². The van der Waals surface area contributed by atoms with Crippen molar-refractivity contribution in [3.63, 3.8) is 0 Å². The number of nitrogens with one attached hydrogen (secondary N) is 1. The molecule has 0 fully saturated rings. The molecule has 0 saturated heterocycles. The van der Waals surface area contributed by atoms with E-state index in [1.165, 1.54) is 11.0 Å². The summed E-state index contributed by atoms with van der Waals surface area (Å²) >= 11 is 0. The number of aryl methyl sites for hydroxylation is 1. The summed E-state index contributed by atoms with van der Waals surface area (Å²) in [6.07, 6.45) is 3.70. The van der Waals surface area contributed by atoms with Gasteiger partial charge in [-0.1, -0.05) is 18.2 Å². The second-order valence-electron chi connectivity index (χ2n) is 8.19. The van der Waals surface area contributed by atoms with Gasteiger partial charge >= 0.3 is 0 Å². The molecule has 3 N–H and O–H groups in total. The van der Waals surface area contributed by atoms with Gasteiger partial charge in [-0.2, -0.15) is 5.10 Å². The second kappa shape index (κ2) is 8.98. The van der Waals surface area contributed by atoms with Crippen LogP contribution in [0.2, 0.25) is 0 Å². The van der Waals surface area contributed by atoms with E-state index in [4.69, 9.17) is 5.73 Å².